The SMILES string of the molecule is COC(=O)c1cn(C(=O)[C@@H]2CN(S(=O)(=O)c3ccccc3)c3cc(C(C)(C)C)ccc3O2)c2ccccc12. The predicted octanol–water partition coefficient (Wildman–Crippen LogP) is 5.02. The van der Waals surface area contributed by atoms with Crippen LogP contribution in [0.1, 0.15) is 41.5 Å². The average molecular weight is 533 g/mol. The number of para-hydroxylation sites is 1. The van der Waals surface area contributed by atoms with E-state index in [2.05, 4.69) is 0 Å². The number of anilines is 1. The third-order valence-corrected chi connectivity index (χ3v) is 8.45. The number of nitrogens with zero attached hydrogens (tertiary/aromatic N) is 2. The second-order valence-corrected chi connectivity index (χ2v) is 12.0. The van der Waals surface area contributed by atoms with Crippen LogP contribution in [0.3, 0.4) is 0 Å². The average Bonchev–Trinajstić information content (AvgIpc) is 3.31. The van der Waals surface area contributed by atoms with Gasteiger partial charge in [-0.3, -0.25) is 13.7 Å². The van der Waals surface area contributed by atoms with Crippen LogP contribution in [0.15, 0.2) is 83.9 Å². The van der Waals surface area contributed by atoms with Gasteiger partial charge in [-0.1, -0.05) is 63.2 Å². The topological polar surface area (TPSA) is 94.9 Å². The van der Waals surface area contributed by atoms with Crippen LogP contribution in [-0.2, 0) is 20.2 Å². The molecule has 38 heavy (non-hydrogen) atoms. The number of fused-ring (bicyclic) bond motifs is 2. The third-order valence-electron chi connectivity index (χ3n) is 6.66. The fourth-order valence-electron chi connectivity index (χ4n) is 4.58. The zero-order chi connectivity index (χ0) is 27.2. The molecule has 0 aliphatic carbocycles. The van der Waals surface area contributed by atoms with Crippen LogP contribution in [0, 0.1) is 0 Å². The lowest BCUT2D eigenvalue weighted by atomic mass is 9.86. The fourth-order valence-corrected chi connectivity index (χ4v) is 6.07. The van der Waals surface area contributed by atoms with Gasteiger partial charge in [-0.15, -0.1) is 0 Å². The Hall–Kier alpha value is -4.11. The molecular formula is C29H28N2O6S. The Morgan fingerprint density at radius 1 is 0.974 bits per heavy atom. The smallest absolute Gasteiger partial charge is 0.340 e. The minimum atomic E-state index is -4.02. The highest BCUT2D eigenvalue weighted by Gasteiger charge is 2.39. The van der Waals surface area contributed by atoms with E-state index in [0.29, 0.717) is 16.6 Å². The van der Waals surface area contributed by atoms with Crippen molar-refractivity contribution in [3.8, 4) is 5.75 Å². The van der Waals surface area contributed by atoms with Crippen molar-refractivity contribution in [1.82, 2.24) is 4.57 Å². The Bertz CT molecular complexity index is 1650. The van der Waals surface area contributed by atoms with Crippen molar-refractivity contribution in [3.05, 3.63) is 90.1 Å². The summed E-state index contributed by atoms with van der Waals surface area (Å²) in [6.07, 6.45) is 0.249. The molecule has 0 N–H and O–H groups in total. The van der Waals surface area contributed by atoms with Crippen LogP contribution in [0.5, 0.6) is 5.75 Å². The summed E-state index contributed by atoms with van der Waals surface area (Å²) < 4.78 is 41.3. The fraction of sp³-hybridized carbons (Fsp3) is 0.241. The molecule has 4 aromatic rings. The Morgan fingerprint density at radius 2 is 1.66 bits per heavy atom. The van der Waals surface area contributed by atoms with Crippen molar-refractivity contribution >= 4 is 38.5 Å². The maximum absolute atomic E-state index is 13.9. The lowest BCUT2D eigenvalue weighted by Crippen LogP contribution is -2.48. The van der Waals surface area contributed by atoms with Crippen LogP contribution in [0.2, 0.25) is 0 Å². The molecule has 0 fully saturated rings. The molecule has 8 nitrogen and oxygen atoms in total. The quantitative estimate of drug-likeness (QED) is 0.343. The van der Waals surface area contributed by atoms with Gasteiger partial charge >= 0.3 is 5.97 Å². The number of carbonyl (C=O) groups is 2. The van der Waals surface area contributed by atoms with Gasteiger partial charge in [0.15, 0.2) is 6.10 Å². The Morgan fingerprint density at radius 3 is 2.34 bits per heavy atom. The maximum atomic E-state index is 13.9. The second-order valence-electron chi connectivity index (χ2n) is 10.1. The molecular weight excluding hydrogens is 504 g/mol. The van der Waals surface area contributed by atoms with Gasteiger partial charge in [0.25, 0.3) is 15.9 Å². The summed E-state index contributed by atoms with van der Waals surface area (Å²) in [4.78, 5) is 26.3. The number of aromatic nitrogens is 1. The van der Waals surface area contributed by atoms with Crippen molar-refractivity contribution < 1.29 is 27.5 Å². The molecule has 0 amide bonds. The molecule has 0 saturated carbocycles. The predicted molar refractivity (Wildman–Crippen MR) is 144 cm³/mol. The van der Waals surface area contributed by atoms with Crippen LogP contribution in [0.25, 0.3) is 10.9 Å². The van der Waals surface area contributed by atoms with Gasteiger partial charge in [-0.05, 0) is 41.3 Å². The van der Waals surface area contributed by atoms with Gasteiger partial charge in [-0.25, -0.2) is 13.2 Å². The lowest BCUT2D eigenvalue weighted by molar-refractivity contribution is 0.0602. The van der Waals surface area contributed by atoms with E-state index in [9.17, 15) is 18.0 Å². The molecule has 3 aromatic carbocycles. The van der Waals surface area contributed by atoms with Crippen molar-refractivity contribution in [3.63, 3.8) is 0 Å². The summed E-state index contributed by atoms with van der Waals surface area (Å²) in [6, 6.07) is 20.4. The van der Waals surface area contributed by atoms with Crippen LogP contribution in [-0.4, -0.2) is 44.6 Å². The van der Waals surface area contributed by atoms with Crippen molar-refractivity contribution in [1.29, 1.82) is 0 Å². The van der Waals surface area contributed by atoms with Crippen LogP contribution >= 0.6 is 0 Å². The highest BCUT2D eigenvalue weighted by atomic mass is 32.2. The molecule has 2 heterocycles. The molecule has 5 rings (SSSR count). The summed E-state index contributed by atoms with van der Waals surface area (Å²) in [7, 11) is -2.75. The minimum absolute atomic E-state index is 0.111. The van der Waals surface area contributed by atoms with Gasteiger partial charge in [-0.2, -0.15) is 0 Å². The first-order chi connectivity index (χ1) is 18.0. The number of methoxy groups -OCH3 is 1. The molecule has 0 radical (unpaired) electrons. The Kier molecular flexibility index (Phi) is 6.27. The minimum Gasteiger partial charge on any atom is -0.476 e. The van der Waals surface area contributed by atoms with E-state index >= 15 is 0 Å². The maximum Gasteiger partial charge on any atom is 0.340 e. The highest BCUT2D eigenvalue weighted by Crippen LogP contribution is 2.40. The standard InChI is InChI=1S/C29H28N2O6S/c1-29(2,3)19-14-15-25-24(16-19)31(38(34,35)20-10-6-5-7-11-20)18-26(37-25)27(32)30-17-22(28(33)36-4)21-12-8-9-13-23(21)30/h5-17,26H,18H2,1-4H3/t26-/m0/s1. The van der Waals surface area contributed by atoms with E-state index in [1.165, 1.54) is 34.3 Å². The van der Waals surface area contributed by atoms with Crippen LogP contribution in [0.4, 0.5) is 5.69 Å². The van der Waals surface area contributed by atoms with E-state index in [-0.39, 0.29) is 28.2 Å². The zero-order valence-electron chi connectivity index (χ0n) is 21.5. The number of carbonyl (C=O) groups excluding carboxylic acids is 2. The van der Waals surface area contributed by atoms with E-state index in [1.54, 1.807) is 54.6 Å². The zero-order valence-corrected chi connectivity index (χ0v) is 22.4. The van der Waals surface area contributed by atoms with E-state index in [4.69, 9.17) is 9.47 Å². The van der Waals surface area contributed by atoms with Crippen molar-refractivity contribution in [2.75, 3.05) is 18.0 Å². The van der Waals surface area contributed by atoms with Gasteiger partial charge in [0.2, 0.25) is 0 Å². The third kappa shape index (κ3) is 4.32. The molecule has 0 saturated heterocycles. The molecule has 1 aliphatic rings. The van der Waals surface area contributed by atoms with Gasteiger partial charge < -0.3 is 9.47 Å². The number of esters is 1. The monoisotopic (exact) mass is 532 g/mol. The summed E-state index contributed by atoms with van der Waals surface area (Å²) in [5, 5.41) is 0.549. The van der Waals surface area contributed by atoms with Crippen molar-refractivity contribution in [2.45, 2.75) is 37.2 Å². The number of sulfonamides is 1. The van der Waals surface area contributed by atoms with E-state index in [1.807, 2.05) is 26.8 Å². The summed E-state index contributed by atoms with van der Waals surface area (Å²) in [5.41, 5.74) is 1.79. The van der Waals surface area contributed by atoms with Crippen molar-refractivity contribution in [2.24, 2.45) is 0 Å². The normalized spacial score (nSPS) is 15.6. The second kappa shape index (κ2) is 9.33. The van der Waals surface area contributed by atoms with Gasteiger partial charge in [0, 0.05) is 11.6 Å². The number of hydrogen-bond acceptors (Lipinski definition) is 6. The summed E-state index contributed by atoms with van der Waals surface area (Å²) in [5.74, 6) is -0.799. The number of hydrogen-bond donors (Lipinski definition) is 0. The molecule has 196 valence electrons. The molecule has 9 heteroatoms. The van der Waals surface area contributed by atoms with Crippen LogP contribution < -0.4 is 9.04 Å². The van der Waals surface area contributed by atoms with Gasteiger partial charge in [0.1, 0.15) is 5.75 Å². The number of benzene rings is 3. The Balaban J connectivity index is 1.63. The molecule has 0 unspecified atom stereocenters. The molecule has 0 bridgehead atoms. The molecule has 0 spiro atoms. The van der Waals surface area contributed by atoms with Gasteiger partial charge in [0.05, 0.1) is 35.3 Å². The van der Waals surface area contributed by atoms with E-state index < -0.39 is 28.0 Å². The summed E-state index contributed by atoms with van der Waals surface area (Å²) in [6.45, 7) is 5.88. The number of rotatable bonds is 4. The first kappa shape index (κ1) is 25.5. The highest BCUT2D eigenvalue weighted by molar-refractivity contribution is 7.92. The largest absolute Gasteiger partial charge is 0.476 e. The number of ether oxygens (including phenoxy) is 2. The Labute approximate surface area is 221 Å². The lowest BCUT2D eigenvalue weighted by Gasteiger charge is -2.36. The molecule has 1 aliphatic heterocycles. The first-order valence-electron chi connectivity index (χ1n) is 12.1. The molecule has 1 aromatic heterocycles. The summed E-state index contributed by atoms with van der Waals surface area (Å²) >= 11 is 0. The first-order valence-corrected chi connectivity index (χ1v) is 13.6. The molecule has 1 atom stereocenters. The van der Waals surface area contributed by atoms with E-state index in [0.717, 1.165) is 5.56 Å².